The molecule has 4 rings (SSSR count). The van der Waals surface area contributed by atoms with E-state index in [-0.39, 0.29) is 11.5 Å². The van der Waals surface area contributed by atoms with Crippen molar-refractivity contribution in [1.29, 1.82) is 0 Å². The van der Waals surface area contributed by atoms with Gasteiger partial charge < -0.3 is 9.73 Å². The van der Waals surface area contributed by atoms with Gasteiger partial charge in [-0.1, -0.05) is 12.1 Å². The van der Waals surface area contributed by atoms with E-state index in [1.54, 1.807) is 42.5 Å². The van der Waals surface area contributed by atoms with Crippen molar-refractivity contribution < 1.29 is 9.21 Å². The fourth-order valence-corrected chi connectivity index (χ4v) is 2.46. The topological polar surface area (TPSA) is 101 Å². The summed E-state index contributed by atoms with van der Waals surface area (Å²) in [5.74, 6) is -0.253. The van der Waals surface area contributed by atoms with Gasteiger partial charge in [0.25, 0.3) is 11.5 Å². The van der Waals surface area contributed by atoms with Crippen molar-refractivity contribution in [1.82, 2.24) is 15.2 Å². The van der Waals surface area contributed by atoms with Crippen LogP contribution in [0.25, 0.3) is 22.4 Å². The second kappa shape index (κ2) is 6.04. The maximum absolute atomic E-state index is 12.4. The largest absolute Gasteiger partial charge is 0.443 e. The minimum Gasteiger partial charge on any atom is -0.443 e. The van der Waals surface area contributed by atoms with Crippen LogP contribution in [0.2, 0.25) is 0 Å². The maximum Gasteiger partial charge on any atom is 0.264 e. The van der Waals surface area contributed by atoms with E-state index >= 15 is 0 Å². The number of anilines is 1. The molecule has 0 saturated heterocycles. The lowest BCUT2D eigenvalue weighted by atomic mass is 10.1. The van der Waals surface area contributed by atoms with Gasteiger partial charge in [-0.25, -0.2) is 10.1 Å². The number of carbonyl (C=O) groups excluding carboxylic acids is 1. The SMILES string of the molecule is O=C(Nc1cccc(-c2ccc(=O)[nH]n2)c1)c1ccc2ocnc2c1. The number of amides is 1. The second-order valence-corrected chi connectivity index (χ2v) is 5.38. The summed E-state index contributed by atoms with van der Waals surface area (Å²) in [7, 11) is 0. The first kappa shape index (κ1) is 14.8. The molecule has 0 aliphatic heterocycles. The van der Waals surface area contributed by atoms with Gasteiger partial charge in [-0.05, 0) is 36.4 Å². The van der Waals surface area contributed by atoms with Gasteiger partial charge in [-0.2, -0.15) is 5.10 Å². The summed E-state index contributed by atoms with van der Waals surface area (Å²) in [5.41, 5.74) is 3.48. The van der Waals surface area contributed by atoms with Crippen LogP contribution in [0, 0.1) is 0 Å². The summed E-state index contributed by atoms with van der Waals surface area (Å²) < 4.78 is 5.17. The fourth-order valence-electron chi connectivity index (χ4n) is 2.46. The smallest absolute Gasteiger partial charge is 0.264 e. The molecule has 4 aromatic rings. The van der Waals surface area contributed by atoms with E-state index in [9.17, 15) is 9.59 Å². The third-order valence-corrected chi connectivity index (χ3v) is 3.69. The molecule has 2 aromatic heterocycles. The number of H-pyrrole nitrogens is 1. The number of nitrogens with zero attached hydrogens (tertiary/aromatic N) is 2. The van der Waals surface area contributed by atoms with E-state index in [0.29, 0.717) is 28.0 Å². The van der Waals surface area contributed by atoms with E-state index in [4.69, 9.17) is 4.42 Å². The van der Waals surface area contributed by atoms with E-state index in [0.717, 1.165) is 5.56 Å². The van der Waals surface area contributed by atoms with Crippen LogP contribution in [0.15, 0.2) is 70.2 Å². The minimum atomic E-state index is -0.267. The minimum absolute atomic E-state index is 0.253. The Kier molecular flexibility index (Phi) is 3.59. The summed E-state index contributed by atoms with van der Waals surface area (Å²) in [4.78, 5) is 27.6. The highest BCUT2D eigenvalue weighted by molar-refractivity contribution is 6.06. The fraction of sp³-hybridized carbons (Fsp3) is 0. The summed E-state index contributed by atoms with van der Waals surface area (Å²) in [5, 5.41) is 9.22. The van der Waals surface area contributed by atoms with Crippen LogP contribution >= 0.6 is 0 Å². The lowest BCUT2D eigenvalue weighted by molar-refractivity contribution is 0.102. The Morgan fingerprint density at radius 2 is 2.00 bits per heavy atom. The highest BCUT2D eigenvalue weighted by Gasteiger charge is 2.09. The van der Waals surface area contributed by atoms with E-state index in [2.05, 4.69) is 20.5 Å². The summed E-state index contributed by atoms with van der Waals surface area (Å²) in [6, 6.07) is 15.3. The molecule has 1 amide bonds. The van der Waals surface area contributed by atoms with E-state index in [1.807, 2.05) is 6.07 Å². The van der Waals surface area contributed by atoms with Gasteiger partial charge in [0.1, 0.15) is 5.52 Å². The number of oxazole rings is 1. The average Bonchev–Trinajstić information content (AvgIpc) is 3.10. The number of carbonyl (C=O) groups is 1. The van der Waals surface area contributed by atoms with Gasteiger partial charge in [0.05, 0.1) is 5.69 Å². The number of aromatic nitrogens is 3. The highest BCUT2D eigenvalue weighted by Crippen LogP contribution is 2.21. The Labute approximate surface area is 141 Å². The molecule has 0 radical (unpaired) electrons. The molecule has 0 spiro atoms. The molecule has 7 nitrogen and oxygen atoms in total. The van der Waals surface area contributed by atoms with Crippen LogP contribution in [0.4, 0.5) is 5.69 Å². The number of fused-ring (bicyclic) bond motifs is 1. The first-order chi connectivity index (χ1) is 12.2. The molecule has 2 N–H and O–H groups in total. The Morgan fingerprint density at radius 1 is 1.08 bits per heavy atom. The zero-order valence-corrected chi connectivity index (χ0v) is 12.9. The lowest BCUT2D eigenvalue weighted by Crippen LogP contribution is -2.11. The van der Waals surface area contributed by atoms with Crippen LogP contribution in [-0.2, 0) is 0 Å². The van der Waals surface area contributed by atoms with Crippen LogP contribution in [-0.4, -0.2) is 21.1 Å². The molecule has 0 fully saturated rings. The molecule has 0 atom stereocenters. The zero-order valence-electron chi connectivity index (χ0n) is 12.9. The molecule has 0 aliphatic carbocycles. The first-order valence-corrected chi connectivity index (χ1v) is 7.50. The second-order valence-electron chi connectivity index (χ2n) is 5.38. The summed E-state index contributed by atoms with van der Waals surface area (Å²) in [6.07, 6.45) is 1.34. The lowest BCUT2D eigenvalue weighted by Gasteiger charge is -2.07. The Hall–Kier alpha value is -3.74. The molecule has 2 heterocycles. The molecule has 0 saturated carbocycles. The zero-order chi connectivity index (χ0) is 17.2. The van der Waals surface area contributed by atoms with Gasteiger partial charge >= 0.3 is 0 Å². The summed E-state index contributed by atoms with van der Waals surface area (Å²) >= 11 is 0. The monoisotopic (exact) mass is 332 g/mol. The molecule has 7 heteroatoms. The molecule has 2 aromatic carbocycles. The normalized spacial score (nSPS) is 10.7. The average molecular weight is 332 g/mol. The third kappa shape index (κ3) is 3.02. The molecule has 122 valence electrons. The van der Waals surface area contributed by atoms with Crippen LogP contribution < -0.4 is 10.9 Å². The predicted molar refractivity (Wildman–Crippen MR) is 92.3 cm³/mol. The standard InChI is InChI=1S/C18H12N4O3/c23-17-7-5-14(21-22-17)11-2-1-3-13(8-11)20-18(24)12-4-6-16-15(9-12)19-10-25-16/h1-10H,(H,20,24)(H,22,23). The van der Waals surface area contributed by atoms with Crippen molar-refractivity contribution in [3.8, 4) is 11.3 Å². The van der Waals surface area contributed by atoms with Crippen molar-refractivity contribution in [3.05, 3.63) is 76.9 Å². The number of hydrogen-bond acceptors (Lipinski definition) is 5. The molecular formula is C18H12N4O3. The van der Waals surface area contributed by atoms with Crippen LogP contribution in [0.3, 0.4) is 0 Å². The number of hydrogen-bond donors (Lipinski definition) is 2. The maximum atomic E-state index is 12.4. The van der Waals surface area contributed by atoms with Crippen molar-refractivity contribution in [3.63, 3.8) is 0 Å². The van der Waals surface area contributed by atoms with Crippen molar-refractivity contribution in [2.75, 3.05) is 5.32 Å². The number of benzene rings is 2. The Bertz CT molecular complexity index is 1110. The Balaban J connectivity index is 1.59. The van der Waals surface area contributed by atoms with Crippen LogP contribution in [0.1, 0.15) is 10.4 Å². The van der Waals surface area contributed by atoms with Gasteiger partial charge in [-0.3, -0.25) is 9.59 Å². The molecular weight excluding hydrogens is 320 g/mol. The predicted octanol–water partition coefficient (Wildman–Crippen LogP) is 2.83. The molecule has 0 unspecified atom stereocenters. The number of aromatic amines is 1. The van der Waals surface area contributed by atoms with Crippen molar-refractivity contribution >= 4 is 22.7 Å². The van der Waals surface area contributed by atoms with Crippen molar-refractivity contribution in [2.45, 2.75) is 0 Å². The van der Waals surface area contributed by atoms with E-state index in [1.165, 1.54) is 12.5 Å². The quantitative estimate of drug-likeness (QED) is 0.601. The molecule has 0 aliphatic rings. The van der Waals surface area contributed by atoms with Gasteiger partial charge in [0.15, 0.2) is 12.0 Å². The Morgan fingerprint density at radius 3 is 2.84 bits per heavy atom. The number of rotatable bonds is 3. The highest BCUT2D eigenvalue weighted by atomic mass is 16.3. The third-order valence-electron chi connectivity index (χ3n) is 3.69. The van der Waals surface area contributed by atoms with Gasteiger partial charge in [0.2, 0.25) is 0 Å². The number of nitrogens with one attached hydrogen (secondary N) is 2. The van der Waals surface area contributed by atoms with Gasteiger partial charge in [-0.15, -0.1) is 0 Å². The van der Waals surface area contributed by atoms with E-state index < -0.39 is 0 Å². The van der Waals surface area contributed by atoms with Crippen molar-refractivity contribution in [2.24, 2.45) is 0 Å². The molecule has 25 heavy (non-hydrogen) atoms. The first-order valence-electron chi connectivity index (χ1n) is 7.50. The van der Waals surface area contributed by atoms with Crippen LogP contribution in [0.5, 0.6) is 0 Å². The molecule has 0 bridgehead atoms. The summed E-state index contributed by atoms with van der Waals surface area (Å²) in [6.45, 7) is 0. The van der Waals surface area contributed by atoms with Gasteiger partial charge in [0, 0.05) is 22.9 Å².